The number of nitrogens with zero attached hydrogens (tertiary/aromatic N) is 3. The van der Waals surface area contributed by atoms with Gasteiger partial charge in [-0.15, -0.1) is 0 Å². The lowest BCUT2D eigenvalue weighted by molar-refractivity contribution is 0.586. The Labute approximate surface area is 132 Å². The first-order valence-electron chi connectivity index (χ1n) is 8.44. The van der Waals surface area contributed by atoms with Crippen molar-refractivity contribution in [1.29, 1.82) is 0 Å². The monoisotopic (exact) mass is 296 g/mol. The molecule has 0 spiro atoms. The summed E-state index contributed by atoms with van der Waals surface area (Å²) in [4.78, 5) is 9.83. The Morgan fingerprint density at radius 1 is 0.955 bits per heavy atom. The number of hydrogen-bond acceptors (Lipinski definition) is 4. The lowest BCUT2D eigenvalue weighted by Crippen LogP contribution is -2.44. The van der Waals surface area contributed by atoms with Gasteiger partial charge in [0.25, 0.3) is 0 Å². The largest absolute Gasteiger partial charge is 0.371 e. The van der Waals surface area contributed by atoms with E-state index in [1.54, 1.807) is 0 Å². The number of aryl methyl sites for hydroxylation is 1. The van der Waals surface area contributed by atoms with Gasteiger partial charge in [0.15, 0.2) is 0 Å². The van der Waals surface area contributed by atoms with E-state index < -0.39 is 0 Å². The Bertz CT molecular complexity index is 670. The normalized spacial score (nSPS) is 19.1. The molecule has 2 saturated heterocycles. The molecule has 116 valence electrons. The number of nitrogens with one attached hydrogen (secondary N) is 1. The predicted octanol–water partition coefficient (Wildman–Crippen LogP) is 2.55. The number of rotatable bonds is 2. The number of anilines is 2. The van der Waals surface area contributed by atoms with E-state index in [9.17, 15) is 0 Å². The van der Waals surface area contributed by atoms with Gasteiger partial charge in [0.1, 0.15) is 5.82 Å². The number of fused-ring (bicyclic) bond motifs is 1. The summed E-state index contributed by atoms with van der Waals surface area (Å²) in [6.45, 7) is 8.66. The first kappa shape index (κ1) is 13.8. The molecule has 0 saturated carbocycles. The minimum Gasteiger partial charge on any atom is -0.371 e. The van der Waals surface area contributed by atoms with Gasteiger partial charge in [0, 0.05) is 61.4 Å². The fourth-order valence-corrected chi connectivity index (χ4v) is 3.72. The van der Waals surface area contributed by atoms with Gasteiger partial charge in [-0.3, -0.25) is 0 Å². The van der Waals surface area contributed by atoms with Gasteiger partial charge < -0.3 is 15.1 Å². The van der Waals surface area contributed by atoms with Crippen LogP contribution in [0.3, 0.4) is 0 Å². The van der Waals surface area contributed by atoms with Crippen LogP contribution in [0.2, 0.25) is 0 Å². The summed E-state index contributed by atoms with van der Waals surface area (Å²) in [5.74, 6) is 1.16. The van der Waals surface area contributed by atoms with E-state index in [1.807, 2.05) is 0 Å². The van der Waals surface area contributed by atoms with Crippen molar-refractivity contribution in [3.05, 3.63) is 30.0 Å². The zero-order valence-electron chi connectivity index (χ0n) is 13.3. The predicted molar refractivity (Wildman–Crippen MR) is 93.0 cm³/mol. The van der Waals surface area contributed by atoms with Crippen LogP contribution in [0.4, 0.5) is 11.5 Å². The summed E-state index contributed by atoms with van der Waals surface area (Å²) in [5, 5.41) is 6.09. The maximum Gasteiger partial charge on any atom is 0.136 e. The molecule has 0 aliphatic carbocycles. The molecule has 1 aromatic heterocycles. The van der Waals surface area contributed by atoms with Gasteiger partial charge in [0.2, 0.25) is 0 Å². The molecule has 22 heavy (non-hydrogen) atoms. The summed E-state index contributed by atoms with van der Waals surface area (Å²) in [5.41, 5.74) is 2.50. The molecule has 4 nitrogen and oxygen atoms in total. The summed E-state index contributed by atoms with van der Waals surface area (Å²) >= 11 is 0. The Kier molecular flexibility index (Phi) is 3.62. The SMILES string of the molecule is Cc1cc2c(N3CCCC3)cccc2c(N2CCNCC2)n1. The second-order valence-electron chi connectivity index (χ2n) is 6.39. The highest BCUT2D eigenvalue weighted by atomic mass is 15.2. The van der Waals surface area contributed by atoms with Crippen molar-refractivity contribution in [2.24, 2.45) is 0 Å². The molecule has 2 fully saturated rings. The van der Waals surface area contributed by atoms with Crippen LogP contribution in [0.1, 0.15) is 18.5 Å². The lowest BCUT2D eigenvalue weighted by Gasteiger charge is -2.30. The van der Waals surface area contributed by atoms with Crippen molar-refractivity contribution >= 4 is 22.3 Å². The Balaban J connectivity index is 1.85. The van der Waals surface area contributed by atoms with Gasteiger partial charge in [-0.2, -0.15) is 0 Å². The van der Waals surface area contributed by atoms with Gasteiger partial charge in [-0.05, 0) is 31.9 Å². The van der Waals surface area contributed by atoms with E-state index in [2.05, 4.69) is 46.3 Å². The van der Waals surface area contributed by atoms with Gasteiger partial charge in [-0.1, -0.05) is 12.1 Å². The molecule has 2 aromatic rings. The van der Waals surface area contributed by atoms with Crippen LogP contribution in [0.5, 0.6) is 0 Å². The van der Waals surface area contributed by atoms with Crippen LogP contribution in [0, 0.1) is 6.92 Å². The first-order valence-corrected chi connectivity index (χ1v) is 8.44. The van der Waals surface area contributed by atoms with Crippen molar-refractivity contribution in [3.8, 4) is 0 Å². The Hall–Kier alpha value is -1.81. The third-order valence-corrected chi connectivity index (χ3v) is 4.82. The summed E-state index contributed by atoms with van der Waals surface area (Å²) in [6.07, 6.45) is 2.62. The van der Waals surface area contributed by atoms with Crippen LogP contribution in [-0.2, 0) is 0 Å². The topological polar surface area (TPSA) is 31.4 Å². The van der Waals surface area contributed by atoms with Crippen LogP contribution in [-0.4, -0.2) is 44.3 Å². The molecular weight excluding hydrogens is 272 g/mol. The fraction of sp³-hybridized carbons (Fsp3) is 0.500. The van der Waals surface area contributed by atoms with Gasteiger partial charge in [0.05, 0.1) is 0 Å². The zero-order chi connectivity index (χ0) is 14.9. The molecule has 4 rings (SSSR count). The number of piperazine rings is 1. The first-order chi connectivity index (χ1) is 10.8. The molecule has 1 N–H and O–H groups in total. The van der Waals surface area contributed by atoms with Crippen molar-refractivity contribution in [2.75, 3.05) is 49.1 Å². The molecule has 2 aliphatic rings. The second kappa shape index (κ2) is 5.76. The molecule has 2 aliphatic heterocycles. The van der Waals surface area contributed by atoms with E-state index in [1.165, 1.54) is 42.4 Å². The second-order valence-corrected chi connectivity index (χ2v) is 6.39. The average molecular weight is 296 g/mol. The molecule has 0 bridgehead atoms. The summed E-state index contributed by atoms with van der Waals surface area (Å²) in [6, 6.07) is 8.96. The molecule has 1 aromatic carbocycles. The molecule has 0 radical (unpaired) electrons. The standard InChI is InChI=1S/C18H24N4/c1-14-13-16-15(18(20-14)22-11-7-19-8-12-22)5-4-6-17(16)21-9-2-3-10-21/h4-6,13,19H,2-3,7-12H2,1H3. The highest BCUT2D eigenvalue weighted by Crippen LogP contribution is 2.34. The molecule has 0 amide bonds. The van der Waals surface area contributed by atoms with Crippen molar-refractivity contribution in [1.82, 2.24) is 10.3 Å². The fourth-order valence-electron chi connectivity index (χ4n) is 3.72. The summed E-state index contributed by atoms with van der Waals surface area (Å²) < 4.78 is 0. The lowest BCUT2D eigenvalue weighted by atomic mass is 10.1. The third-order valence-electron chi connectivity index (χ3n) is 4.82. The van der Waals surface area contributed by atoms with E-state index in [0.29, 0.717) is 0 Å². The number of aromatic nitrogens is 1. The van der Waals surface area contributed by atoms with Crippen molar-refractivity contribution in [2.45, 2.75) is 19.8 Å². The van der Waals surface area contributed by atoms with Gasteiger partial charge in [-0.25, -0.2) is 4.98 Å². The molecule has 0 atom stereocenters. The minimum atomic E-state index is 1.04. The van der Waals surface area contributed by atoms with Crippen LogP contribution < -0.4 is 15.1 Å². The van der Waals surface area contributed by atoms with Crippen molar-refractivity contribution < 1.29 is 0 Å². The van der Waals surface area contributed by atoms with Crippen molar-refractivity contribution in [3.63, 3.8) is 0 Å². The quantitative estimate of drug-likeness (QED) is 0.923. The highest BCUT2D eigenvalue weighted by molar-refractivity contribution is 6.01. The van der Waals surface area contributed by atoms with E-state index in [4.69, 9.17) is 4.98 Å². The van der Waals surface area contributed by atoms with Crippen LogP contribution in [0.15, 0.2) is 24.3 Å². The smallest absolute Gasteiger partial charge is 0.136 e. The van der Waals surface area contributed by atoms with Crippen LogP contribution >= 0.6 is 0 Å². The average Bonchev–Trinajstić information content (AvgIpc) is 3.08. The maximum atomic E-state index is 4.87. The molecule has 0 unspecified atom stereocenters. The Morgan fingerprint density at radius 3 is 2.50 bits per heavy atom. The zero-order valence-corrected chi connectivity index (χ0v) is 13.3. The molecule has 4 heteroatoms. The highest BCUT2D eigenvalue weighted by Gasteiger charge is 2.19. The number of pyridine rings is 1. The number of hydrogen-bond donors (Lipinski definition) is 1. The maximum absolute atomic E-state index is 4.87. The third kappa shape index (κ3) is 2.41. The molecule has 3 heterocycles. The Morgan fingerprint density at radius 2 is 1.73 bits per heavy atom. The molecular formula is C18H24N4. The van der Waals surface area contributed by atoms with Crippen LogP contribution in [0.25, 0.3) is 10.8 Å². The van der Waals surface area contributed by atoms with Gasteiger partial charge >= 0.3 is 0 Å². The van der Waals surface area contributed by atoms with E-state index >= 15 is 0 Å². The number of benzene rings is 1. The summed E-state index contributed by atoms with van der Waals surface area (Å²) in [7, 11) is 0. The minimum absolute atomic E-state index is 1.04. The van der Waals surface area contributed by atoms with E-state index in [-0.39, 0.29) is 0 Å². The van der Waals surface area contributed by atoms with E-state index in [0.717, 1.165) is 37.7 Å².